The molecule has 0 spiro atoms. The van der Waals surface area contributed by atoms with E-state index in [2.05, 4.69) is 16.6 Å². The van der Waals surface area contributed by atoms with Gasteiger partial charge in [0.2, 0.25) is 5.91 Å². The Labute approximate surface area is 92.0 Å². The molecule has 0 aliphatic carbocycles. The summed E-state index contributed by atoms with van der Waals surface area (Å²) in [6.45, 7) is 2.91. The smallest absolute Gasteiger partial charge is 0.221 e. The van der Waals surface area contributed by atoms with E-state index in [0.717, 1.165) is 13.0 Å². The van der Waals surface area contributed by atoms with Crippen LogP contribution < -0.4 is 10.6 Å². The number of rotatable bonds is 4. The molecule has 3 nitrogen and oxygen atoms in total. The molecule has 15 heavy (non-hydrogen) atoms. The Balaban J connectivity index is 2.13. The van der Waals surface area contributed by atoms with Crippen molar-refractivity contribution in [2.45, 2.75) is 51.1 Å². The highest BCUT2D eigenvalue weighted by Gasteiger charge is 2.14. The van der Waals surface area contributed by atoms with Crippen LogP contribution in [-0.4, -0.2) is 24.5 Å². The van der Waals surface area contributed by atoms with E-state index < -0.39 is 0 Å². The molecule has 0 aromatic heterocycles. The van der Waals surface area contributed by atoms with Crippen LogP contribution in [0.25, 0.3) is 0 Å². The van der Waals surface area contributed by atoms with Crippen molar-refractivity contribution in [3.05, 3.63) is 0 Å². The summed E-state index contributed by atoms with van der Waals surface area (Å²) in [6.07, 6.45) is 10.4. The van der Waals surface area contributed by atoms with E-state index in [1.807, 2.05) is 6.92 Å². The van der Waals surface area contributed by atoms with E-state index in [1.54, 1.807) is 0 Å². The van der Waals surface area contributed by atoms with Crippen LogP contribution in [0.4, 0.5) is 0 Å². The van der Waals surface area contributed by atoms with Gasteiger partial charge in [-0.3, -0.25) is 4.79 Å². The molecular weight excluding hydrogens is 188 g/mol. The number of hydrogen-bond donors (Lipinski definition) is 2. The van der Waals surface area contributed by atoms with Gasteiger partial charge in [0.1, 0.15) is 0 Å². The molecule has 0 aromatic rings. The van der Waals surface area contributed by atoms with E-state index in [9.17, 15) is 4.79 Å². The summed E-state index contributed by atoms with van der Waals surface area (Å²) in [5.41, 5.74) is 0. The fourth-order valence-electron chi connectivity index (χ4n) is 1.83. The lowest BCUT2D eigenvalue weighted by molar-refractivity contribution is -0.121. The van der Waals surface area contributed by atoms with Crippen molar-refractivity contribution in [2.24, 2.45) is 0 Å². The van der Waals surface area contributed by atoms with Gasteiger partial charge in [0.05, 0.1) is 6.04 Å². The maximum atomic E-state index is 11.4. The molecular formula is C12H20N2O. The maximum Gasteiger partial charge on any atom is 0.221 e. The van der Waals surface area contributed by atoms with Gasteiger partial charge in [-0.2, -0.15) is 0 Å². The van der Waals surface area contributed by atoms with Crippen molar-refractivity contribution < 1.29 is 4.79 Å². The van der Waals surface area contributed by atoms with Gasteiger partial charge < -0.3 is 10.6 Å². The summed E-state index contributed by atoms with van der Waals surface area (Å²) >= 11 is 0. The molecule has 2 unspecified atom stereocenters. The van der Waals surface area contributed by atoms with Crippen molar-refractivity contribution in [3.63, 3.8) is 0 Å². The first-order valence-electron chi connectivity index (χ1n) is 5.71. The SMILES string of the molecule is C#CC(C)NC(=O)CCC1CCCCN1. The number of carbonyl (C=O) groups is 1. The minimum absolute atomic E-state index is 0.0628. The number of piperidine rings is 1. The highest BCUT2D eigenvalue weighted by Crippen LogP contribution is 2.11. The number of carbonyl (C=O) groups excluding carboxylic acids is 1. The van der Waals surface area contributed by atoms with Gasteiger partial charge in [0, 0.05) is 12.5 Å². The van der Waals surface area contributed by atoms with E-state index >= 15 is 0 Å². The first kappa shape index (κ1) is 12.1. The second-order valence-electron chi connectivity index (χ2n) is 4.14. The van der Waals surface area contributed by atoms with Crippen molar-refractivity contribution in [1.82, 2.24) is 10.6 Å². The van der Waals surface area contributed by atoms with Crippen LogP contribution in [-0.2, 0) is 4.79 Å². The lowest BCUT2D eigenvalue weighted by Gasteiger charge is -2.23. The van der Waals surface area contributed by atoms with Crippen LogP contribution in [0.3, 0.4) is 0 Å². The van der Waals surface area contributed by atoms with E-state index in [-0.39, 0.29) is 11.9 Å². The Morgan fingerprint density at radius 2 is 2.47 bits per heavy atom. The molecule has 1 amide bonds. The third-order valence-corrected chi connectivity index (χ3v) is 2.76. The van der Waals surface area contributed by atoms with Gasteiger partial charge in [-0.1, -0.05) is 12.3 Å². The van der Waals surface area contributed by atoms with Gasteiger partial charge in [0.15, 0.2) is 0 Å². The third kappa shape index (κ3) is 4.85. The standard InChI is InChI=1S/C12H20N2O/c1-3-10(2)14-12(15)8-7-11-6-4-5-9-13-11/h1,10-11,13H,4-9H2,2H3,(H,14,15). The molecule has 3 heteroatoms. The van der Waals surface area contributed by atoms with Crippen LogP contribution in [0.15, 0.2) is 0 Å². The number of terminal acetylenes is 1. The summed E-state index contributed by atoms with van der Waals surface area (Å²) in [7, 11) is 0. The molecule has 1 fully saturated rings. The van der Waals surface area contributed by atoms with E-state index in [4.69, 9.17) is 6.42 Å². The molecule has 1 saturated heterocycles. The first-order valence-corrected chi connectivity index (χ1v) is 5.71. The number of amides is 1. The molecule has 0 bridgehead atoms. The van der Waals surface area contributed by atoms with Crippen molar-refractivity contribution >= 4 is 5.91 Å². The molecule has 1 aliphatic rings. The zero-order valence-corrected chi connectivity index (χ0v) is 9.38. The van der Waals surface area contributed by atoms with Crippen LogP contribution in [0, 0.1) is 12.3 Å². The molecule has 0 radical (unpaired) electrons. The predicted molar refractivity (Wildman–Crippen MR) is 61.3 cm³/mol. The fourth-order valence-corrected chi connectivity index (χ4v) is 1.83. The Kier molecular flexibility index (Phi) is 5.20. The lowest BCUT2D eigenvalue weighted by atomic mass is 10.0. The molecule has 1 rings (SSSR count). The molecule has 1 heterocycles. The van der Waals surface area contributed by atoms with E-state index in [0.29, 0.717) is 12.5 Å². The molecule has 1 aliphatic heterocycles. The molecule has 0 saturated carbocycles. The van der Waals surface area contributed by atoms with Gasteiger partial charge in [-0.15, -0.1) is 6.42 Å². The Morgan fingerprint density at radius 3 is 3.07 bits per heavy atom. The average molecular weight is 208 g/mol. The van der Waals surface area contributed by atoms with Gasteiger partial charge in [-0.05, 0) is 32.7 Å². The summed E-state index contributed by atoms with van der Waals surface area (Å²) in [4.78, 5) is 11.4. The van der Waals surface area contributed by atoms with Gasteiger partial charge in [0.25, 0.3) is 0 Å². The third-order valence-electron chi connectivity index (χ3n) is 2.76. The molecule has 0 aromatic carbocycles. The Bertz CT molecular complexity index is 238. The van der Waals surface area contributed by atoms with Crippen molar-refractivity contribution in [3.8, 4) is 12.3 Å². The zero-order valence-electron chi connectivity index (χ0n) is 9.38. The zero-order chi connectivity index (χ0) is 11.1. The molecule has 84 valence electrons. The summed E-state index contributed by atoms with van der Waals surface area (Å²) in [5, 5.41) is 6.19. The van der Waals surface area contributed by atoms with Crippen molar-refractivity contribution in [1.29, 1.82) is 0 Å². The first-order chi connectivity index (χ1) is 7.22. The Morgan fingerprint density at radius 1 is 1.67 bits per heavy atom. The maximum absolute atomic E-state index is 11.4. The Hall–Kier alpha value is -1.01. The molecule has 2 atom stereocenters. The van der Waals surface area contributed by atoms with Crippen LogP contribution in [0.5, 0.6) is 0 Å². The monoisotopic (exact) mass is 208 g/mol. The highest BCUT2D eigenvalue weighted by atomic mass is 16.1. The average Bonchev–Trinajstić information content (AvgIpc) is 2.27. The van der Waals surface area contributed by atoms with Crippen molar-refractivity contribution in [2.75, 3.05) is 6.54 Å². The van der Waals surface area contributed by atoms with Crippen LogP contribution in [0.2, 0.25) is 0 Å². The number of hydrogen-bond acceptors (Lipinski definition) is 2. The summed E-state index contributed by atoms with van der Waals surface area (Å²) < 4.78 is 0. The largest absolute Gasteiger partial charge is 0.343 e. The van der Waals surface area contributed by atoms with Crippen LogP contribution in [0.1, 0.15) is 39.0 Å². The van der Waals surface area contributed by atoms with Crippen LogP contribution >= 0.6 is 0 Å². The van der Waals surface area contributed by atoms with E-state index in [1.165, 1.54) is 19.3 Å². The highest BCUT2D eigenvalue weighted by molar-refractivity contribution is 5.76. The summed E-state index contributed by atoms with van der Waals surface area (Å²) in [6, 6.07) is 0.363. The van der Waals surface area contributed by atoms with Gasteiger partial charge >= 0.3 is 0 Å². The number of nitrogens with one attached hydrogen (secondary N) is 2. The quantitative estimate of drug-likeness (QED) is 0.678. The molecule has 2 N–H and O–H groups in total. The fraction of sp³-hybridized carbons (Fsp3) is 0.750. The topological polar surface area (TPSA) is 41.1 Å². The minimum Gasteiger partial charge on any atom is -0.343 e. The van der Waals surface area contributed by atoms with Gasteiger partial charge in [-0.25, -0.2) is 0 Å². The lowest BCUT2D eigenvalue weighted by Crippen LogP contribution is -2.36. The normalized spacial score (nSPS) is 22.8. The summed E-state index contributed by atoms with van der Waals surface area (Å²) in [5.74, 6) is 2.55. The second kappa shape index (κ2) is 6.47. The second-order valence-corrected chi connectivity index (χ2v) is 4.14. The predicted octanol–water partition coefficient (Wildman–Crippen LogP) is 1.05. The minimum atomic E-state index is -0.156.